The first-order chi connectivity index (χ1) is 18.2. The van der Waals surface area contributed by atoms with E-state index in [0.717, 1.165) is 18.5 Å². The minimum absolute atomic E-state index is 0.167. The molecule has 2 aliphatic heterocycles. The number of aromatic nitrogens is 2. The van der Waals surface area contributed by atoms with E-state index in [0.29, 0.717) is 0 Å². The molecule has 2 heteroatoms. The highest BCUT2D eigenvalue weighted by Gasteiger charge is 2.46. The van der Waals surface area contributed by atoms with Crippen LogP contribution in [0.5, 0.6) is 0 Å². The van der Waals surface area contributed by atoms with Crippen molar-refractivity contribution in [1.29, 1.82) is 0 Å². The maximum Gasteiger partial charge on any atom is 0.218 e. The topological polar surface area (TPSA) is 7.76 Å². The van der Waals surface area contributed by atoms with Gasteiger partial charge in [-0.1, -0.05) is 66.7 Å². The van der Waals surface area contributed by atoms with Crippen molar-refractivity contribution in [3.63, 3.8) is 0 Å². The Morgan fingerprint density at radius 2 is 1.46 bits per heavy atom. The summed E-state index contributed by atoms with van der Waals surface area (Å²) in [6.07, 6.45) is 6.66. The zero-order chi connectivity index (χ0) is 24.9. The summed E-state index contributed by atoms with van der Waals surface area (Å²) in [5.41, 5.74) is 12.8. The molecule has 7 rings (SSSR count). The smallest absolute Gasteiger partial charge is 0.194 e. The number of hydrogen-bond donors (Lipinski definition) is 0. The van der Waals surface area contributed by atoms with E-state index >= 15 is 0 Å². The van der Waals surface area contributed by atoms with Crippen LogP contribution in [0, 0.1) is 6.92 Å². The molecular weight excluding hydrogens is 448 g/mol. The molecule has 0 N–H and O–H groups in total. The Kier molecular flexibility index (Phi) is 5.14. The van der Waals surface area contributed by atoms with Crippen molar-refractivity contribution in [3.05, 3.63) is 139 Å². The molecule has 37 heavy (non-hydrogen) atoms. The van der Waals surface area contributed by atoms with Gasteiger partial charge in [0.25, 0.3) is 0 Å². The van der Waals surface area contributed by atoms with Crippen LogP contribution in [0.25, 0.3) is 39.3 Å². The molecule has 0 saturated heterocycles. The average Bonchev–Trinajstić information content (AvgIpc) is 3.00. The van der Waals surface area contributed by atoms with E-state index in [9.17, 15) is 0 Å². The number of fused-ring (bicyclic) bond motifs is 9. The molecule has 5 aromatic rings. The summed E-state index contributed by atoms with van der Waals surface area (Å²) in [6, 6.07) is 37.8. The number of aryl methyl sites for hydroxylation is 2. The molecule has 2 atom stereocenters. The molecule has 2 unspecified atom stereocenters. The number of allylic oxidation sites excluding steroid dienone is 1. The van der Waals surface area contributed by atoms with Crippen molar-refractivity contribution in [2.75, 3.05) is 0 Å². The van der Waals surface area contributed by atoms with E-state index in [1.807, 2.05) is 0 Å². The third kappa shape index (κ3) is 3.48. The van der Waals surface area contributed by atoms with Gasteiger partial charge in [0.2, 0.25) is 11.4 Å². The zero-order valence-corrected chi connectivity index (χ0v) is 21.1. The Morgan fingerprint density at radius 3 is 2.32 bits per heavy atom. The fourth-order valence-electron chi connectivity index (χ4n) is 6.51. The summed E-state index contributed by atoms with van der Waals surface area (Å²) in [5.74, 6) is 0.167. The first-order valence-corrected chi connectivity index (χ1v) is 13.2. The Balaban J connectivity index is 1.52. The Hall–Kier alpha value is -4.30. The Bertz CT molecular complexity index is 1660. The van der Waals surface area contributed by atoms with Crippen LogP contribution in [0.1, 0.15) is 35.1 Å². The largest absolute Gasteiger partial charge is 0.218 e. The number of rotatable bonds is 1. The zero-order valence-electron chi connectivity index (χ0n) is 21.1. The molecule has 0 radical (unpaired) electrons. The number of pyridine rings is 2. The monoisotopic (exact) mass is 478 g/mol. The lowest BCUT2D eigenvalue weighted by atomic mass is 9.79. The van der Waals surface area contributed by atoms with Crippen molar-refractivity contribution in [3.8, 4) is 33.6 Å². The van der Waals surface area contributed by atoms with Crippen LogP contribution in [0.15, 0.2) is 122 Å². The first-order valence-electron chi connectivity index (χ1n) is 13.2. The van der Waals surface area contributed by atoms with E-state index in [1.54, 1.807) is 0 Å². The second-order valence-corrected chi connectivity index (χ2v) is 10.3. The highest BCUT2D eigenvalue weighted by atomic mass is 15.1. The van der Waals surface area contributed by atoms with Crippen molar-refractivity contribution >= 4 is 5.70 Å². The van der Waals surface area contributed by atoms with Gasteiger partial charge in [-0.3, -0.25) is 0 Å². The average molecular weight is 479 g/mol. The highest BCUT2D eigenvalue weighted by molar-refractivity contribution is 5.72. The second-order valence-electron chi connectivity index (χ2n) is 10.3. The standard InChI is InChI=1S/C35H30N2/c1-24-22-34-28-15-7-6-14-27(28)19-20-33-35(25(2)37(34)23-31(24)26-12-4-3-5-13-26)30-17-9-8-16-29(30)32-18-10-11-21-36(32)33/h3-18,21-23,33,35H,2,19-20H2,1H3/q+2. The number of hydrogen-bond acceptors (Lipinski definition) is 0. The van der Waals surface area contributed by atoms with Crippen molar-refractivity contribution in [2.24, 2.45) is 0 Å². The molecule has 0 fully saturated rings. The van der Waals surface area contributed by atoms with Gasteiger partial charge >= 0.3 is 0 Å². The van der Waals surface area contributed by atoms with Crippen molar-refractivity contribution in [1.82, 2.24) is 0 Å². The first kappa shape index (κ1) is 21.9. The van der Waals surface area contributed by atoms with Gasteiger partial charge in [-0.2, -0.15) is 9.13 Å². The minimum atomic E-state index is 0.167. The molecule has 0 saturated carbocycles. The van der Waals surface area contributed by atoms with Gasteiger partial charge in [0.05, 0.1) is 5.56 Å². The van der Waals surface area contributed by atoms with Crippen LogP contribution in [0.2, 0.25) is 0 Å². The maximum absolute atomic E-state index is 4.84. The summed E-state index contributed by atoms with van der Waals surface area (Å²) in [4.78, 5) is 0. The molecule has 4 heterocycles. The molecule has 178 valence electrons. The van der Waals surface area contributed by atoms with E-state index in [1.165, 1.54) is 50.3 Å². The Morgan fingerprint density at radius 1 is 0.730 bits per heavy atom. The molecule has 2 nitrogen and oxygen atoms in total. The molecule has 0 bridgehead atoms. The van der Waals surface area contributed by atoms with Crippen molar-refractivity contribution in [2.45, 2.75) is 31.7 Å². The van der Waals surface area contributed by atoms with Crippen LogP contribution in [0.4, 0.5) is 0 Å². The molecule has 0 spiro atoms. The quantitative estimate of drug-likeness (QED) is 0.223. The number of benzene rings is 3. The molecule has 2 aliphatic rings. The second kappa shape index (κ2) is 8.67. The van der Waals surface area contributed by atoms with Crippen LogP contribution in [-0.4, -0.2) is 0 Å². The predicted octanol–water partition coefficient (Wildman–Crippen LogP) is 7.33. The van der Waals surface area contributed by atoms with Crippen LogP contribution >= 0.6 is 0 Å². The summed E-state index contributed by atoms with van der Waals surface area (Å²) in [5, 5.41) is 0. The van der Waals surface area contributed by atoms with Gasteiger partial charge in [0.15, 0.2) is 24.1 Å². The van der Waals surface area contributed by atoms with Crippen molar-refractivity contribution < 1.29 is 9.13 Å². The van der Waals surface area contributed by atoms with E-state index in [2.05, 4.69) is 132 Å². The van der Waals surface area contributed by atoms with Gasteiger partial charge in [-0.05, 0) is 60.4 Å². The van der Waals surface area contributed by atoms with Gasteiger partial charge in [-0.15, -0.1) is 0 Å². The lowest BCUT2D eigenvalue weighted by Crippen LogP contribution is -2.50. The highest BCUT2D eigenvalue weighted by Crippen LogP contribution is 2.45. The van der Waals surface area contributed by atoms with Gasteiger partial charge in [0.1, 0.15) is 5.92 Å². The molecule has 0 aliphatic carbocycles. The van der Waals surface area contributed by atoms with Gasteiger partial charge in [-0.25, -0.2) is 0 Å². The third-order valence-corrected chi connectivity index (χ3v) is 8.26. The van der Waals surface area contributed by atoms with Crippen LogP contribution in [-0.2, 0) is 6.42 Å². The van der Waals surface area contributed by atoms with E-state index in [4.69, 9.17) is 6.58 Å². The normalized spacial score (nSPS) is 17.7. The lowest BCUT2D eigenvalue weighted by molar-refractivity contribution is -0.720. The fourth-order valence-corrected chi connectivity index (χ4v) is 6.51. The summed E-state index contributed by atoms with van der Waals surface area (Å²) in [7, 11) is 0. The van der Waals surface area contributed by atoms with E-state index < -0.39 is 0 Å². The van der Waals surface area contributed by atoms with Gasteiger partial charge in [0, 0.05) is 35.7 Å². The maximum atomic E-state index is 4.84. The molecule has 0 amide bonds. The molecular formula is C35H30N2+2. The predicted molar refractivity (Wildman–Crippen MR) is 150 cm³/mol. The summed E-state index contributed by atoms with van der Waals surface area (Å²) in [6.45, 7) is 7.07. The van der Waals surface area contributed by atoms with Gasteiger partial charge < -0.3 is 0 Å². The summed E-state index contributed by atoms with van der Waals surface area (Å²) < 4.78 is 4.89. The van der Waals surface area contributed by atoms with Crippen LogP contribution < -0.4 is 9.13 Å². The fraction of sp³-hybridized carbons (Fsp3) is 0.143. The van der Waals surface area contributed by atoms with Crippen LogP contribution in [0.3, 0.4) is 0 Å². The third-order valence-electron chi connectivity index (χ3n) is 8.26. The Labute approximate surface area is 218 Å². The minimum Gasteiger partial charge on any atom is -0.194 e. The molecule has 2 aromatic heterocycles. The molecule has 3 aromatic carbocycles. The summed E-state index contributed by atoms with van der Waals surface area (Å²) >= 11 is 0. The SMILES string of the molecule is C=C1C2c3ccccc3-c3cccc[n+]3C2CCc2ccccc2-c2cc(C)c(-c3ccccc3)c[n+]21. The van der Waals surface area contributed by atoms with E-state index in [-0.39, 0.29) is 12.0 Å². The number of nitrogens with zero attached hydrogens (tertiary/aromatic N) is 2. The lowest BCUT2D eigenvalue weighted by Gasteiger charge is -2.29.